The molecule has 1 heterocycles. The van der Waals surface area contributed by atoms with E-state index < -0.39 is 0 Å². The van der Waals surface area contributed by atoms with Crippen molar-refractivity contribution < 1.29 is 0 Å². The number of halogens is 1. The zero-order valence-corrected chi connectivity index (χ0v) is 11.6. The Morgan fingerprint density at radius 1 is 1.12 bits per heavy atom. The Bertz CT molecular complexity index is 612. The SMILES string of the molecule is Cc1cc(C)cc(-c2nc(C)c(Br)c(=O)[nH]2)c1. The van der Waals surface area contributed by atoms with Crippen LogP contribution in [-0.4, -0.2) is 9.97 Å². The summed E-state index contributed by atoms with van der Waals surface area (Å²) in [6.45, 7) is 5.87. The minimum Gasteiger partial charge on any atom is -0.306 e. The Kier molecular flexibility index (Phi) is 3.15. The average Bonchev–Trinajstić information content (AvgIpc) is 2.23. The summed E-state index contributed by atoms with van der Waals surface area (Å²) in [5.41, 5.74) is 3.80. The molecule has 1 N–H and O–H groups in total. The molecule has 0 atom stereocenters. The third-order valence-electron chi connectivity index (χ3n) is 2.52. The van der Waals surface area contributed by atoms with Crippen LogP contribution in [0.1, 0.15) is 16.8 Å². The summed E-state index contributed by atoms with van der Waals surface area (Å²) >= 11 is 3.21. The number of aromatic nitrogens is 2. The molecule has 3 nitrogen and oxygen atoms in total. The molecule has 1 aromatic heterocycles. The number of rotatable bonds is 1. The number of nitrogens with one attached hydrogen (secondary N) is 1. The normalized spacial score (nSPS) is 10.6. The van der Waals surface area contributed by atoms with Crippen LogP contribution >= 0.6 is 15.9 Å². The van der Waals surface area contributed by atoms with Crippen molar-refractivity contribution in [1.29, 1.82) is 0 Å². The largest absolute Gasteiger partial charge is 0.306 e. The first-order valence-corrected chi connectivity index (χ1v) is 6.12. The third-order valence-corrected chi connectivity index (χ3v) is 3.46. The van der Waals surface area contributed by atoms with E-state index in [1.165, 1.54) is 0 Å². The highest BCUT2D eigenvalue weighted by molar-refractivity contribution is 9.10. The van der Waals surface area contributed by atoms with E-state index >= 15 is 0 Å². The Labute approximate surface area is 108 Å². The van der Waals surface area contributed by atoms with E-state index in [4.69, 9.17) is 0 Å². The molecule has 0 amide bonds. The van der Waals surface area contributed by atoms with Gasteiger partial charge in [0.2, 0.25) is 0 Å². The molecule has 2 rings (SSSR count). The zero-order chi connectivity index (χ0) is 12.6. The maximum absolute atomic E-state index is 11.7. The molecule has 88 valence electrons. The lowest BCUT2D eigenvalue weighted by molar-refractivity contribution is 1.05. The summed E-state index contributed by atoms with van der Waals surface area (Å²) in [5, 5.41) is 0. The first-order valence-electron chi connectivity index (χ1n) is 5.32. The molecule has 2 aromatic rings. The van der Waals surface area contributed by atoms with E-state index in [0.29, 0.717) is 16.0 Å². The predicted molar refractivity (Wildman–Crippen MR) is 72.2 cm³/mol. The van der Waals surface area contributed by atoms with Crippen molar-refractivity contribution in [2.75, 3.05) is 0 Å². The average molecular weight is 293 g/mol. The number of aromatic amines is 1. The molecule has 0 aliphatic heterocycles. The summed E-state index contributed by atoms with van der Waals surface area (Å²) in [4.78, 5) is 18.8. The topological polar surface area (TPSA) is 45.8 Å². The maximum atomic E-state index is 11.7. The predicted octanol–water partition coefficient (Wildman–Crippen LogP) is 3.12. The maximum Gasteiger partial charge on any atom is 0.265 e. The van der Waals surface area contributed by atoms with Crippen LogP contribution in [0.5, 0.6) is 0 Å². The number of H-pyrrole nitrogens is 1. The summed E-state index contributed by atoms with van der Waals surface area (Å²) in [7, 11) is 0. The smallest absolute Gasteiger partial charge is 0.265 e. The van der Waals surface area contributed by atoms with Gasteiger partial charge in [-0.05, 0) is 48.8 Å². The molecular formula is C13H13BrN2O. The van der Waals surface area contributed by atoms with Gasteiger partial charge in [-0.2, -0.15) is 0 Å². The Balaban J connectivity index is 2.65. The van der Waals surface area contributed by atoms with Crippen LogP contribution in [0.2, 0.25) is 0 Å². The van der Waals surface area contributed by atoms with Crippen molar-refractivity contribution in [2.45, 2.75) is 20.8 Å². The zero-order valence-electron chi connectivity index (χ0n) is 9.97. The molecule has 0 bridgehead atoms. The molecule has 17 heavy (non-hydrogen) atoms. The van der Waals surface area contributed by atoms with Gasteiger partial charge in [0, 0.05) is 5.56 Å². The Morgan fingerprint density at radius 2 is 1.71 bits per heavy atom. The lowest BCUT2D eigenvalue weighted by Crippen LogP contribution is -2.11. The molecule has 0 fully saturated rings. The quantitative estimate of drug-likeness (QED) is 0.878. The lowest BCUT2D eigenvalue weighted by Gasteiger charge is -2.06. The summed E-state index contributed by atoms with van der Waals surface area (Å²) in [5.74, 6) is 0.613. The molecule has 0 unspecified atom stereocenters. The second kappa shape index (κ2) is 4.45. The van der Waals surface area contributed by atoms with Crippen molar-refractivity contribution in [2.24, 2.45) is 0 Å². The van der Waals surface area contributed by atoms with Gasteiger partial charge in [0.25, 0.3) is 5.56 Å². The Hall–Kier alpha value is -1.42. The number of aryl methyl sites for hydroxylation is 3. The molecule has 0 aliphatic rings. The second-order valence-electron chi connectivity index (χ2n) is 4.19. The fourth-order valence-electron chi connectivity index (χ4n) is 1.82. The standard InChI is InChI=1S/C13H13BrN2O/c1-7-4-8(2)6-10(5-7)12-15-9(3)11(14)13(17)16-12/h4-6H,1-3H3,(H,15,16,17). The number of hydrogen-bond donors (Lipinski definition) is 1. The minimum atomic E-state index is -0.147. The van der Waals surface area contributed by atoms with Crippen LogP contribution in [0.15, 0.2) is 27.5 Å². The molecule has 0 spiro atoms. The van der Waals surface area contributed by atoms with E-state index in [0.717, 1.165) is 16.7 Å². The molecule has 0 aliphatic carbocycles. The third kappa shape index (κ3) is 2.47. The van der Waals surface area contributed by atoms with Crippen LogP contribution in [-0.2, 0) is 0 Å². The monoisotopic (exact) mass is 292 g/mol. The first-order chi connectivity index (χ1) is 7.97. The van der Waals surface area contributed by atoms with Crippen LogP contribution in [0, 0.1) is 20.8 Å². The van der Waals surface area contributed by atoms with Crippen molar-refractivity contribution in [3.63, 3.8) is 0 Å². The fourth-order valence-corrected chi connectivity index (χ4v) is 2.01. The number of benzene rings is 1. The molecule has 4 heteroatoms. The van der Waals surface area contributed by atoms with E-state index in [2.05, 4.69) is 32.0 Å². The van der Waals surface area contributed by atoms with Crippen LogP contribution in [0.25, 0.3) is 11.4 Å². The molecule has 1 aromatic carbocycles. The minimum absolute atomic E-state index is 0.147. The fraction of sp³-hybridized carbons (Fsp3) is 0.231. The highest BCUT2D eigenvalue weighted by Crippen LogP contribution is 2.19. The lowest BCUT2D eigenvalue weighted by atomic mass is 10.1. The summed E-state index contributed by atoms with van der Waals surface area (Å²) in [6.07, 6.45) is 0. The van der Waals surface area contributed by atoms with E-state index in [1.807, 2.05) is 32.9 Å². The molecule has 0 radical (unpaired) electrons. The van der Waals surface area contributed by atoms with Gasteiger partial charge in [0.05, 0.1) is 5.69 Å². The first kappa shape index (κ1) is 12.0. The summed E-state index contributed by atoms with van der Waals surface area (Å²) in [6, 6.07) is 6.12. The summed E-state index contributed by atoms with van der Waals surface area (Å²) < 4.78 is 0.491. The van der Waals surface area contributed by atoms with E-state index in [1.54, 1.807) is 0 Å². The van der Waals surface area contributed by atoms with Crippen molar-refractivity contribution >= 4 is 15.9 Å². The van der Waals surface area contributed by atoms with Crippen molar-refractivity contribution in [1.82, 2.24) is 9.97 Å². The van der Waals surface area contributed by atoms with Gasteiger partial charge >= 0.3 is 0 Å². The van der Waals surface area contributed by atoms with Gasteiger partial charge in [0.15, 0.2) is 0 Å². The molecule has 0 saturated carbocycles. The second-order valence-corrected chi connectivity index (χ2v) is 4.98. The number of nitrogens with zero attached hydrogens (tertiary/aromatic N) is 1. The molecule has 0 saturated heterocycles. The van der Waals surface area contributed by atoms with Gasteiger partial charge < -0.3 is 4.98 Å². The van der Waals surface area contributed by atoms with Gasteiger partial charge in [-0.1, -0.05) is 17.2 Å². The highest BCUT2D eigenvalue weighted by atomic mass is 79.9. The van der Waals surface area contributed by atoms with Crippen molar-refractivity contribution in [3.8, 4) is 11.4 Å². The van der Waals surface area contributed by atoms with Gasteiger partial charge in [-0.25, -0.2) is 4.98 Å². The van der Waals surface area contributed by atoms with Crippen molar-refractivity contribution in [3.05, 3.63) is 49.8 Å². The molecular weight excluding hydrogens is 280 g/mol. The van der Waals surface area contributed by atoms with Crippen LogP contribution < -0.4 is 5.56 Å². The van der Waals surface area contributed by atoms with Gasteiger partial charge in [0.1, 0.15) is 10.3 Å². The highest BCUT2D eigenvalue weighted by Gasteiger charge is 2.07. The van der Waals surface area contributed by atoms with Gasteiger partial charge in [-0.15, -0.1) is 0 Å². The number of hydrogen-bond acceptors (Lipinski definition) is 2. The van der Waals surface area contributed by atoms with E-state index in [-0.39, 0.29) is 5.56 Å². The van der Waals surface area contributed by atoms with Gasteiger partial charge in [-0.3, -0.25) is 4.79 Å². The van der Waals surface area contributed by atoms with Crippen LogP contribution in [0.4, 0.5) is 0 Å². The van der Waals surface area contributed by atoms with Crippen LogP contribution in [0.3, 0.4) is 0 Å². The van der Waals surface area contributed by atoms with E-state index in [9.17, 15) is 4.79 Å². The Morgan fingerprint density at radius 3 is 2.24 bits per heavy atom.